The summed E-state index contributed by atoms with van der Waals surface area (Å²) in [5.41, 5.74) is 1.84. The summed E-state index contributed by atoms with van der Waals surface area (Å²) in [7, 11) is 0. The van der Waals surface area contributed by atoms with Gasteiger partial charge in [-0.05, 0) is 73.3 Å². The minimum absolute atomic E-state index is 0.0296. The highest BCUT2D eigenvalue weighted by atomic mass is 16.5. The summed E-state index contributed by atoms with van der Waals surface area (Å²) in [6, 6.07) is 4.08. The van der Waals surface area contributed by atoms with E-state index in [2.05, 4.69) is 68.4 Å². The molecule has 3 nitrogen and oxygen atoms in total. The molecule has 0 aromatic heterocycles. The largest absolute Gasteiger partial charge is 0.493 e. The van der Waals surface area contributed by atoms with Crippen molar-refractivity contribution < 1.29 is 14.3 Å². The van der Waals surface area contributed by atoms with Gasteiger partial charge in [-0.15, -0.1) is 0 Å². The maximum atomic E-state index is 12.1. The Labute approximate surface area is 230 Å². The molecule has 0 spiro atoms. The molecule has 1 aromatic carbocycles. The zero-order chi connectivity index (χ0) is 27.8. The molecule has 0 aliphatic carbocycles. The van der Waals surface area contributed by atoms with Crippen molar-refractivity contribution in [3.8, 4) is 11.5 Å². The minimum atomic E-state index is 0.0296. The van der Waals surface area contributed by atoms with Crippen LogP contribution in [-0.4, -0.2) is 19.5 Å². The molecule has 0 heterocycles. The molecular formula is C34H60O3. The summed E-state index contributed by atoms with van der Waals surface area (Å²) >= 11 is 0. The quantitative estimate of drug-likeness (QED) is 0.152. The topological polar surface area (TPSA) is 35.5 Å². The van der Waals surface area contributed by atoms with Crippen molar-refractivity contribution in [1.82, 2.24) is 0 Å². The lowest BCUT2D eigenvalue weighted by Crippen LogP contribution is -2.25. The van der Waals surface area contributed by atoms with Gasteiger partial charge in [0.15, 0.2) is 6.29 Å². The van der Waals surface area contributed by atoms with Gasteiger partial charge in [-0.1, -0.05) is 101 Å². The molecule has 0 amide bonds. The van der Waals surface area contributed by atoms with E-state index in [9.17, 15) is 4.79 Å². The Morgan fingerprint density at radius 3 is 1.54 bits per heavy atom. The van der Waals surface area contributed by atoms with Crippen LogP contribution in [0.25, 0.3) is 0 Å². The first-order chi connectivity index (χ1) is 17.6. The molecule has 0 saturated heterocycles. The second-order valence-corrected chi connectivity index (χ2v) is 12.5. The molecule has 1 rings (SSSR count). The number of hydrogen-bond acceptors (Lipinski definition) is 3. The van der Waals surface area contributed by atoms with Gasteiger partial charge in [0.05, 0.1) is 18.8 Å². The fraction of sp³-hybridized carbons (Fsp3) is 0.794. The van der Waals surface area contributed by atoms with Gasteiger partial charge < -0.3 is 9.47 Å². The molecule has 0 aliphatic rings. The molecule has 2 atom stereocenters. The summed E-state index contributed by atoms with van der Waals surface area (Å²) in [6.45, 7) is 21.9. The summed E-state index contributed by atoms with van der Waals surface area (Å²) in [5, 5.41) is 0. The van der Waals surface area contributed by atoms with Crippen LogP contribution in [0.15, 0.2) is 12.1 Å². The van der Waals surface area contributed by atoms with Crippen LogP contribution in [0.5, 0.6) is 11.5 Å². The van der Waals surface area contributed by atoms with Crippen molar-refractivity contribution >= 4 is 6.29 Å². The number of hydrogen-bond donors (Lipinski definition) is 0. The van der Waals surface area contributed by atoms with Crippen LogP contribution in [0.4, 0.5) is 0 Å². The third kappa shape index (κ3) is 11.8. The molecule has 2 unspecified atom stereocenters. The third-order valence-electron chi connectivity index (χ3n) is 8.53. The van der Waals surface area contributed by atoms with Crippen molar-refractivity contribution in [2.24, 2.45) is 23.7 Å². The lowest BCUT2D eigenvalue weighted by atomic mass is 9.73. The number of aldehydes is 1. The Kier molecular flexibility index (Phi) is 16.2. The van der Waals surface area contributed by atoms with E-state index in [1.807, 2.05) is 6.07 Å². The van der Waals surface area contributed by atoms with Gasteiger partial charge in [-0.3, -0.25) is 4.79 Å². The lowest BCUT2D eigenvalue weighted by Gasteiger charge is -2.33. The second-order valence-electron chi connectivity index (χ2n) is 12.5. The molecule has 3 heteroatoms. The zero-order valence-electron chi connectivity index (χ0n) is 26.0. The Bertz CT molecular complexity index is 739. The molecule has 0 fully saturated rings. The van der Waals surface area contributed by atoms with Crippen molar-refractivity contribution in [1.29, 1.82) is 0 Å². The fourth-order valence-electron chi connectivity index (χ4n) is 5.43. The monoisotopic (exact) mass is 516 g/mol. The van der Waals surface area contributed by atoms with E-state index in [1.165, 1.54) is 44.1 Å². The van der Waals surface area contributed by atoms with Crippen molar-refractivity contribution in [3.63, 3.8) is 0 Å². The van der Waals surface area contributed by atoms with Crippen LogP contribution in [-0.2, 0) is 5.41 Å². The molecule has 214 valence electrons. The molecular weight excluding hydrogens is 456 g/mol. The van der Waals surface area contributed by atoms with Gasteiger partial charge in [0, 0.05) is 5.56 Å². The van der Waals surface area contributed by atoms with Gasteiger partial charge >= 0.3 is 0 Å². The summed E-state index contributed by atoms with van der Waals surface area (Å²) in [4.78, 5) is 12.1. The second kappa shape index (κ2) is 17.9. The molecule has 0 saturated carbocycles. The number of ether oxygens (including phenoxy) is 2. The maximum Gasteiger partial charge on any atom is 0.153 e. The first-order valence-corrected chi connectivity index (χ1v) is 15.5. The average molecular weight is 517 g/mol. The van der Waals surface area contributed by atoms with E-state index in [1.54, 1.807) is 0 Å². The van der Waals surface area contributed by atoms with Crippen LogP contribution in [0.3, 0.4) is 0 Å². The normalized spacial score (nSPS) is 13.7. The van der Waals surface area contributed by atoms with E-state index >= 15 is 0 Å². The SMILES string of the molecule is CCC(CC)(CC)c1cc(OCCC(C)CCCC(C)C)c(C=O)cc1OCCC(C)CCCC(C)C. The smallest absolute Gasteiger partial charge is 0.153 e. The third-order valence-corrected chi connectivity index (χ3v) is 8.53. The highest BCUT2D eigenvalue weighted by Gasteiger charge is 2.31. The first kappa shape index (κ1) is 33.5. The van der Waals surface area contributed by atoms with E-state index in [-0.39, 0.29) is 5.41 Å². The molecule has 1 aromatic rings. The Morgan fingerprint density at radius 1 is 0.676 bits per heavy atom. The van der Waals surface area contributed by atoms with Gasteiger partial charge in [0.1, 0.15) is 11.5 Å². The van der Waals surface area contributed by atoms with Crippen LogP contribution in [0, 0.1) is 23.7 Å². The Balaban J connectivity index is 2.98. The van der Waals surface area contributed by atoms with E-state index in [0.717, 1.165) is 56.0 Å². The summed E-state index contributed by atoms with van der Waals surface area (Å²) in [6.07, 6.45) is 13.7. The predicted molar refractivity (Wildman–Crippen MR) is 160 cm³/mol. The van der Waals surface area contributed by atoms with Crippen molar-refractivity contribution in [3.05, 3.63) is 23.3 Å². The highest BCUT2D eigenvalue weighted by Crippen LogP contribution is 2.43. The maximum absolute atomic E-state index is 12.1. The fourth-order valence-corrected chi connectivity index (χ4v) is 5.43. The van der Waals surface area contributed by atoms with Gasteiger partial charge in [-0.2, -0.15) is 0 Å². The minimum Gasteiger partial charge on any atom is -0.493 e. The molecule has 0 bridgehead atoms. The average Bonchev–Trinajstić information content (AvgIpc) is 2.85. The van der Waals surface area contributed by atoms with Crippen LogP contribution >= 0.6 is 0 Å². The Morgan fingerprint density at radius 2 is 1.14 bits per heavy atom. The first-order valence-electron chi connectivity index (χ1n) is 15.5. The van der Waals surface area contributed by atoms with Crippen LogP contribution in [0.1, 0.15) is 149 Å². The zero-order valence-corrected chi connectivity index (χ0v) is 26.0. The van der Waals surface area contributed by atoms with Crippen molar-refractivity contribution in [2.75, 3.05) is 13.2 Å². The molecule has 0 aliphatic heterocycles. The molecule has 0 radical (unpaired) electrons. The summed E-state index contributed by atoms with van der Waals surface area (Å²) in [5.74, 6) is 4.40. The number of carbonyl (C=O) groups is 1. The van der Waals surface area contributed by atoms with E-state index < -0.39 is 0 Å². The number of rotatable bonds is 21. The van der Waals surface area contributed by atoms with E-state index in [4.69, 9.17) is 9.47 Å². The molecule has 37 heavy (non-hydrogen) atoms. The van der Waals surface area contributed by atoms with Crippen molar-refractivity contribution in [2.45, 2.75) is 138 Å². The van der Waals surface area contributed by atoms with Gasteiger partial charge in [0.2, 0.25) is 0 Å². The van der Waals surface area contributed by atoms with Crippen LogP contribution < -0.4 is 9.47 Å². The highest BCUT2D eigenvalue weighted by molar-refractivity contribution is 5.81. The standard InChI is InChI=1S/C34H60O3/c1-10-34(11-2,12-3)31-24-32(36-21-19-28(8)17-13-15-26(4)5)30(25-35)23-33(31)37-22-20-29(9)18-14-16-27(6)7/h23-29H,10-22H2,1-9H3. The molecule has 0 N–H and O–H groups in total. The van der Waals surface area contributed by atoms with Crippen LogP contribution in [0.2, 0.25) is 0 Å². The van der Waals surface area contributed by atoms with E-state index in [0.29, 0.717) is 36.4 Å². The van der Waals surface area contributed by atoms with Gasteiger partial charge in [-0.25, -0.2) is 0 Å². The van der Waals surface area contributed by atoms with Gasteiger partial charge in [0.25, 0.3) is 0 Å². The number of benzene rings is 1. The predicted octanol–water partition coefficient (Wildman–Crippen LogP) is 10.4. The summed E-state index contributed by atoms with van der Waals surface area (Å²) < 4.78 is 12.7. The number of carbonyl (C=O) groups excluding carboxylic acids is 1. The Hall–Kier alpha value is -1.51. The lowest BCUT2D eigenvalue weighted by molar-refractivity contribution is 0.111.